The molecule has 1 aromatic rings. The van der Waals surface area contributed by atoms with Gasteiger partial charge in [-0.3, -0.25) is 10.1 Å². The van der Waals surface area contributed by atoms with Gasteiger partial charge in [0.15, 0.2) is 0 Å². The van der Waals surface area contributed by atoms with Crippen LogP contribution in [0.25, 0.3) is 6.08 Å². The van der Waals surface area contributed by atoms with Crippen LogP contribution in [0.15, 0.2) is 29.8 Å². The van der Waals surface area contributed by atoms with Crippen LogP contribution in [-0.4, -0.2) is 18.0 Å². The normalized spacial score (nSPS) is 17.6. The average Bonchev–Trinajstić information content (AvgIpc) is 2.67. The van der Waals surface area contributed by atoms with Crippen LogP contribution in [-0.2, 0) is 9.53 Å². The molecule has 0 heterocycles. The number of methoxy groups -OCH3 is 1. The van der Waals surface area contributed by atoms with E-state index in [0.29, 0.717) is 11.1 Å². The molecular formula is C11H9NO4. The van der Waals surface area contributed by atoms with Crippen LogP contribution in [0.4, 0.5) is 0 Å². The van der Waals surface area contributed by atoms with Gasteiger partial charge < -0.3 is 4.74 Å². The predicted molar refractivity (Wildman–Crippen MR) is 56.2 cm³/mol. The molecule has 0 amide bonds. The molecule has 0 spiro atoms. The lowest BCUT2D eigenvalue weighted by molar-refractivity contribution is -0.516. The van der Waals surface area contributed by atoms with Crippen molar-refractivity contribution in [3.8, 4) is 0 Å². The van der Waals surface area contributed by atoms with Crippen LogP contribution >= 0.6 is 0 Å². The van der Waals surface area contributed by atoms with E-state index < -0.39 is 16.9 Å². The Bertz CT molecular complexity index is 493. The fourth-order valence-corrected chi connectivity index (χ4v) is 1.82. The van der Waals surface area contributed by atoms with E-state index in [1.54, 1.807) is 24.3 Å². The zero-order chi connectivity index (χ0) is 11.7. The molecule has 0 bridgehead atoms. The van der Waals surface area contributed by atoms with E-state index in [4.69, 9.17) is 0 Å². The molecule has 0 fully saturated rings. The van der Waals surface area contributed by atoms with Crippen molar-refractivity contribution < 1.29 is 14.5 Å². The minimum Gasteiger partial charge on any atom is -0.465 e. The topological polar surface area (TPSA) is 69.4 Å². The molecule has 1 aromatic carbocycles. The number of fused-ring (bicyclic) bond motifs is 1. The van der Waals surface area contributed by atoms with Crippen molar-refractivity contribution in [1.29, 1.82) is 0 Å². The summed E-state index contributed by atoms with van der Waals surface area (Å²) in [4.78, 5) is 21.9. The summed E-state index contributed by atoms with van der Waals surface area (Å²) in [5.74, 6) is -0.655. The number of carbonyl (C=O) groups is 1. The first-order valence-corrected chi connectivity index (χ1v) is 4.67. The number of nitrogens with zero attached hydrogens (tertiary/aromatic N) is 1. The largest absolute Gasteiger partial charge is 0.465 e. The third-order valence-electron chi connectivity index (χ3n) is 2.53. The van der Waals surface area contributed by atoms with Crippen molar-refractivity contribution in [2.45, 2.75) is 6.04 Å². The maximum atomic E-state index is 11.4. The molecule has 16 heavy (non-hydrogen) atoms. The Labute approximate surface area is 91.5 Å². The molecule has 82 valence electrons. The summed E-state index contributed by atoms with van der Waals surface area (Å²) in [6, 6.07) is 5.76. The Morgan fingerprint density at radius 3 is 2.75 bits per heavy atom. The molecule has 0 N–H and O–H groups in total. The molecule has 1 aliphatic carbocycles. The van der Waals surface area contributed by atoms with Gasteiger partial charge in [-0.2, -0.15) is 0 Å². The molecule has 0 radical (unpaired) electrons. The van der Waals surface area contributed by atoms with E-state index in [-0.39, 0.29) is 5.57 Å². The van der Waals surface area contributed by atoms with Gasteiger partial charge in [-0.15, -0.1) is 0 Å². The molecule has 1 aliphatic rings. The van der Waals surface area contributed by atoms with Crippen molar-refractivity contribution in [1.82, 2.24) is 0 Å². The van der Waals surface area contributed by atoms with E-state index in [9.17, 15) is 14.9 Å². The van der Waals surface area contributed by atoms with Gasteiger partial charge in [0.05, 0.1) is 7.11 Å². The van der Waals surface area contributed by atoms with Crippen LogP contribution in [0.5, 0.6) is 0 Å². The zero-order valence-electron chi connectivity index (χ0n) is 8.54. The van der Waals surface area contributed by atoms with Gasteiger partial charge in [0.25, 0.3) is 6.04 Å². The van der Waals surface area contributed by atoms with E-state index in [0.717, 1.165) is 0 Å². The molecule has 1 atom stereocenters. The Kier molecular flexibility index (Phi) is 2.44. The predicted octanol–water partition coefficient (Wildman–Crippen LogP) is 1.57. The van der Waals surface area contributed by atoms with E-state index in [1.165, 1.54) is 13.2 Å². The number of esters is 1. The minimum atomic E-state index is -1.11. The summed E-state index contributed by atoms with van der Waals surface area (Å²) in [6.07, 6.45) is 1.51. The van der Waals surface area contributed by atoms with Crippen LogP contribution in [0.2, 0.25) is 0 Å². The van der Waals surface area contributed by atoms with Gasteiger partial charge in [0.2, 0.25) is 0 Å². The van der Waals surface area contributed by atoms with Crippen LogP contribution in [0.3, 0.4) is 0 Å². The van der Waals surface area contributed by atoms with Gasteiger partial charge in [-0.25, -0.2) is 4.79 Å². The Morgan fingerprint density at radius 2 is 2.12 bits per heavy atom. The summed E-state index contributed by atoms with van der Waals surface area (Å²) in [6.45, 7) is 0. The molecule has 2 rings (SSSR count). The highest BCUT2D eigenvalue weighted by atomic mass is 16.6. The first-order chi connectivity index (χ1) is 7.65. The van der Waals surface area contributed by atoms with Crippen molar-refractivity contribution in [3.63, 3.8) is 0 Å². The van der Waals surface area contributed by atoms with E-state index in [1.807, 2.05) is 0 Å². The van der Waals surface area contributed by atoms with Crippen LogP contribution in [0.1, 0.15) is 17.2 Å². The molecule has 0 aliphatic heterocycles. The Hall–Kier alpha value is -2.17. The van der Waals surface area contributed by atoms with E-state index >= 15 is 0 Å². The molecule has 0 saturated heterocycles. The molecular weight excluding hydrogens is 210 g/mol. The number of rotatable bonds is 2. The van der Waals surface area contributed by atoms with Crippen LogP contribution < -0.4 is 0 Å². The number of ether oxygens (including phenoxy) is 1. The quantitative estimate of drug-likeness (QED) is 0.430. The summed E-state index contributed by atoms with van der Waals surface area (Å²) < 4.78 is 4.53. The number of carbonyl (C=O) groups excluding carboxylic acids is 1. The van der Waals surface area contributed by atoms with Gasteiger partial charge in [-0.1, -0.05) is 24.3 Å². The highest BCUT2D eigenvalue weighted by molar-refractivity contribution is 5.97. The zero-order valence-corrected chi connectivity index (χ0v) is 8.54. The maximum Gasteiger partial charge on any atom is 0.341 e. The van der Waals surface area contributed by atoms with Gasteiger partial charge in [-0.05, 0) is 11.6 Å². The fraction of sp³-hybridized carbons (Fsp3) is 0.182. The summed E-state index contributed by atoms with van der Waals surface area (Å²) in [7, 11) is 1.21. The smallest absolute Gasteiger partial charge is 0.341 e. The Balaban J connectivity index is 2.51. The SMILES string of the molecule is COC(=O)C1=Cc2ccccc2C1[N+](=O)[O-]. The standard InChI is InChI=1S/C11H9NO4/c1-16-11(13)9-6-7-4-2-3-5-8(7)10(9)12(14)15/h2-6,10H,1H3. The summed E-state index contributed by atoms with van der Waals surface area (Å²) in [5, 5.41) is 11.0. The second-order valence-electron chi connectivity index (χ2n) is 3.41. The number of nitro groups is 1. The minimum absolute atomic E-state index is 0.0775. The van der Waals surface area contributed by atoms with Crippen molar-refractivity contribution in [3.05, 3.63) is 51.1 Å². The first-order valence-electron chi connectivity index (χ1n) is 4.67. The summed E-state index contributed by atoms with van der Waals surface area (Å²) in [5.41, 5.74) is 1.31. The maximum absolute atomic E-state index is 11.4. The fourth-order valence-electron chi connectivity index (χ4n) is 1.82. The van der Waals surface area contributed by atoms with Gasteiger partial charge >= 0.3 is 5.97 Å². The molecule has 0 aromatic heterocycles. The lowest BCUT2D eigenvalue weighted by Crippen LogP contribution is -2.17. The molecule has 0 saturated carbocycles. The third-order valence-corrected chi connectivity index (χ3v) is 2.53. The molecule has 1 unspecified atom stereocenters. The van der Waals surface area contributed by atoms with Gasteiger partial charge in [0.1, 0.15) is 5.57 Å². The monoisotopic (exact) mass is 219 g/mol. The third kappa shape index (κ3) is 1.46. The Morgan fingerprint density at radius 1 is 1.44 bits per heavy atom. The van der Waals surface area contributed by atoms with Gasteiger partial charge in [0, 0.05) is 10.5 Å². The second-order valence-corrected chi connectivity index (χ2v) is 3.41. The second kappa shape index (κ2) is 3.77. The van der Waals surface area contributed by atoms with E-state index in [2.05, 4.69) is 4.74 Å². The molecule has 5 heteroatoms. The van der Waals surface area contributed by atoms with Crippen molar-refractivity contribution >= 4 is 12.0 Å². The average molecular weight is 219 g/mol. The summed E-state index contributed by atoms with van der Waals surface area (Å²) >= 11 is 0. The van der Waals surface area contributed by atoms with Crippen molar-refractivity contribution in [2.24, 2.45) is 0 Å². The lowest BCUT2D eigenvalue weighted by atomic mass is 10.0. The van der Waals surface area contributed by atoms with Crippen LogP contribution in [0, 0.1) is 10.1 Å². The number of hydrogen-bond donors (Lipinski definition) is 0. The highest BCUT2D eigenvalue weighted by Crippen LogP contribution is 2.36. The molecule has 5 nitrogen and oxygen atoms in total. The lowest BCUT2D eigenvalue weighted by Gasteiger charge is -2.06. The first kappa shape index (κ1) is 10.4. The van der Waals surface area contributed by atoms with Crippen molar-refractivity contribution in [2.75, 3.05) is 7.11 Å². The highest BCUT2D eigenvalue weighted by Gasteiger charge is 2.38. The number of hydrogen-bond acceptors (Lipinski definition) is 4. The number of benzene rings is 1.